The van der Waals surface area contributed by atoms with E-state index in [0.29, 0.717) is 21.5 Å². The number of nitrogens with one attached hydrogen (secondary N) is 1. The first kappa shape index (κ1) is 23.0. The van der Waals surface area contributed by atoms with Gasteiger partial charge in [-0.2, -0.15) is 0 Å². The van der Waals surface area contributed by atoms with Gasteiger partial charge in [0.05, 0.1) is 23.9 Å². The van der Waals surface area contributed by atoms with Crippen molar-refractivity contribution >= 4 is 51.5 Å². The minimum absolute atomic E-state index is 0.215. The maximum atomic E-state index is 13.0. The predicted molar refractivity (Wildman–Crippen MR) is 118 cm³/mol. The van der Waals surface area contributed by atoms with E-state index in [1.807, 2.05) is 0 Å². The highest BCUT2D eigenvalue weighted by Gasteiger charge is 2.36. The summed E-state index contributed by atoms with van der Waals surface area (Å²) in [5.74, 6) is -1.13. The van der Waals surface area contributed by atoms with Gasteiger partial charge in [0.2, 0.25) is 0 Å². The predicted octanol–water partition coefficient (Wildman–Crippen LogP) is 3.07. The summed E-state index contributed by atoms with van der Waals surface area (Å²) >= 11 is 3.33. The Kier molecular flexibility index (Phi) is 7.26. The Morgan fingerprint density at radius 1 is 1.12 bits per heavy atom. The zero-order valence-corrected chi connectivity index (χ0v) is 18.8. The second-order valence-corrected chi connectivity index (χ2v) is 7.29. The summed E-state index contributed by atoms with van der Waals surface area (Å²) in [6.07, 6.45) is 1.36. The van der Waals surface area contributed by atoms with E-state index in [1.165, 1.54) is 25.3 Å². The van der Waals surface area contributed by atoms with E-state index < -0.39 is 23.8 Å². The molecule has 2 aromatic rings. The van der Waals surface area contributed by atoms with E-state index in [9.17, 15) is 19.2 Å². The fourth-order valence-electron chi connectivity index (χ4n) is 2.85. The molecule has 1 heterocycles. The van der Waals surface area contributed by atoms with E-state index in [0.717, 1.165) is 4.90 Å². The van der Waals surface area contributed by atoms with E-state index >= 15 is 0 Å². The van der Waals surface area contributed by atoms with Crippen LogP contribution in [-0.2, 0) is 19.1 Å². The van der Waals surface area contributed by atoms with Gasteiger partial charge < -0.3 is 14.2 Å². The van der Waals surface area contributed by atoms with E-state index in [2.05, 4.69) is 21.2 Å². The second-order valence-electron chi connectivity index (χ2n) is 6.44. The number of anilines is 1. The van der Waals surface area contributed by atoms with Gasteiger partial charge in [-0.3, -0.25) is 14.9 Å². The first-order valence-corrected chi connectivity index (χ1v) is 10.3. The first-order chi connectivity index (χ1) is 15.3. The van der Waals surface area contributed by atoms with Gasteiger partial charge in [-0.15, -0.1) is 0 Å². The van der Waals surface area contributed by atoms with Crippen molar-refractivity contribution in [2.75, 3.05) is 25.2 Å². The lowest BCUT2D eigenvalue weighted by Gasteiger charge is -2.26. The maximum absolute atomic E-state index is 13.0. The number of hydrogen-bond acceptors (Lipinski definition) is 7. The summed E-state index contributed by atoms with van der Waals surface area (Å²) in [4.78, 5) is 49.9. The highest BCUT2D eigenvalue weighted by molar-refractivity contribution is 9.10. The van der Waals surface area contributed by atoms with Crippen LogP contribution in [0.2, 0.25) is 0 Å². The Labute approximate surface area is 192 Å². The van der Waals surface area contributed by atoms with E-state index in [4.69, 9.17) is 14.2 Å². The van der Waals surface area contributed by atoms with Crippen molar-refractivity contribution in [3.8, 4) is 11.5 Å². The Balaban J connectivity index is 1.83. The lowest BCUT2D eigenvalue weighted by Crippen LogP contribution is -2.54. The van der Waals surface area contributed by atoms with E-state index in [-0.39, 0.29) is 24.5 Å². The molecule has 1 fully saturated rings. The van der Waals surface area contributed by atoms with Crippen LogP contribution in [0.3, 0.4) is 0 Å². The summed E-state index contributed by atoms with van der Waals surface area (Å²) in [5.41, 5.74) is 0.575. The minimum atomic E-state index is -0.841. The van der Waals surface area contributed by atoms with Crippen molar-refractivity contribution in [3.63, 3.8) is 0 Å². The van der Waals surface area contributed by atoms with Crippen LogP contribution in [0.15, 0.2) is 52.5 Å². The summed E-state index contributed by atoms with van der Waals surface area (Å²) in [6.45, 7) is 1.69. The normalized spacial score (nSPS) is 14.9. The monoisotopic (exact) mass is 502 g/mol. The molecular weight excluding hydrogens is 484 g/mol. The van der Waals surface area contributed by atoms with Gasteiger partial charge in [-0.1, -0.05) is 6.07 Å². The third kappa shape index (κ3) is 5.14. The molecule has 1 aliphatic heterocycles. The third-order valence-electron chi connectivity index (χ3n) is 4.35. The quantitative estimate of drug-likeness (QED) is 0.351. The summed E-state index contributed by atoms with van der Waals surface area (Å²) in [5, 5.41) is 2.17. The molecule has 1 N–H and O–H groups in total. The van der Waals surface area contributed by atoms with Crippen molar-refractivity contribution in [2.45, 2.75) is 6.92 Å². The number of hydrogen-bond donors (Lipinski definition) is 1. The fraction of sp³-hybridized carbons (Fsp3) is 0.182. The van der Waals surface area contributed by atoms with Gasteiger partial charge >= 0.3 is 12.0 Å². The number of carbonyl (C=O) groups is 4. The lowest BCUT2D eigenvalue weighted by molar-refractivity contribution is -0.145. The number of halogens is 1. The van der Waals surface area contributed by atoms with Crippen LogP contribution in [0.5, 0.6) is 11.5 Å². The number of esters is 1. The molecule has 0 aromatic heterocycles. The summed E-state index contributed by atoms with van der Waals surface area (Å²) in [7, 11) is 1.50. The number of barbiturate groups is 1. The molecule has 0 unspecified atom stereocenters. The average molecular weight is 503 g/mol. The van der Waals surface area contributed by atoms with E-state index in [1.54, 1.807) is 37.3 Å². The van der Waals surface area contributed by atoms with Gasteiger partial charge in [0, 0.05) is 0 Å². The van der Waals surface area contributed by atoms with Crippen molar-refractivity contribution in [1.29, 1.82) is 0 Å². The molecule has 0 saturated carbocycles. The molecule has 0 atom stereocenters. The van der Waals surface area contributed by atoms with Gasteiger partial charge in [-0.25, -0.2) is 14.5 Å². The summed E-state index contributed by atoms with van der Waals surface area (Å²) in [6, 6.07) is 10.2. The van der Waals surface area contributed by atoms with Crippen LogP contribution >= 0.6 is 15.9 Å². The molecule has 166 valence electrons. The SMILES string of the molecule is CCOC(=O)COc1ccc(/C=C2/C(=O)NC(=O)N(c3ccc(OC)cc3)C2=O)cc1Br. The van der Waals surface area contributed by atoms with Crippen LogP contribution < -0.4 is 19.7 Å². The van der Waals surface area contributed by atoms with Crippen LogP contribution in [0, 0.1) is 0 Å². The van der Waals surface area contributed by atoms with Gasteiger partial charge in [0.25, 0.3) is 11.8 Å². The topological polar surface area (TPSA) is 111 Å². The molecule has 0 aliphatic carbocycles. The maximum Gasteiger partial charge on any atom is 0.344 e. The molecule has 32 heavy (non-hydrogen) atoms. The molecule has 4 amide bonds. The molecular formula is C22H19BrN2O7. The molecule has 9 nitrogen and oxygen atoms in total. The molecule has 1 aliphatic rings. The molecule has 0 bridgehead atoms. The zero-order valence-electron chi connectivity index (χ0n) is 17.2. The largest absolute Gasteiger partial charge is 0.497 e. The number of ether oxygens (including phenoxy) is 3. The highest BCUT2D eigenvalue weighted by atomic mass is 79.9. The number of rotatable bonds is 7. The number of methoxy groups -OCH3 is 1. The minimum Gasteiger partial charge on any atom is -0.497 e. The van der Waals surface area contributed by atoms with Crippen LogP contribution in [0.4, 0.5) is 10.5 Å². The Bertz CT molecular complexity index is 1100. The number of urea groups is 1. The number of benzene rings is 2. The van der Waals surface area contributed by atoms with Crippen LogP contribution in [-0.4, -0.2) is 44.1 Å². The Morgan fingerprint density at radius 2 is 1.84 bits per heavy atom. The van der Waals surface area contributed by atoms with Crippen molar-refractivity contribution in [1.82, 2.24) is 5.32 Å². The smallest absolute Gasteiger partial charge is 0.344 e. The third-order valence-corrected chi connectivity index (χ3v) is 4.97. The molecule has 2 aromatic carbocycles. The number of imide groups is 2. The molecule has 0 radical (unpaired) electrons. The highest BCUT2D eigenvalue weighted by Crippen LogP contribution is 2.28. The first-order valence-electron chi connectivity index (χ1n) is 9.47. The zero-order chi connectivity index (χ0) is 23.3. The van der Waals surface area contributed by atoms with Gasteiger partial charge in [0.15, 0.2) is 6.61 Å². The molecule has 3 rings (SSSR count). The van der Waals surface area contributed by atoms with Crippen LogP contribution in [0.25, 0.3) is 6.08 Å². The lowest BCUT2D eigenvalue weighted by atomic mass is 10.1. The Hall–Kier alpha value is -3.66. The standard InChI is InChI=1S/C22H19BrN2O7/c1-3-31-19(26)12-32-18-9-4-13(11-17(18)23)10-16-20(27)24-22(29)25(21(16)28)14-5-7-15(30-2)8-6-14/h4-11H,3,12H2,1-2H3,(H,24,27,29)/b16-10-. The molecule has 10 heteroatoms. The molecule has 1 saturated heterocycles. The van der Waals surface area contributed by atoms with Crippen LogP contribution in [0.1, 0.15) is 12.5 Å². The number of carbonyl (C=O) groups excluding carboxylic acids is 4. The fourth-order valence-corrected chi connectivity index (χ4v) is 3.36. The van der Waals surface area contributed by atoms with Crippen molar-refractivity contribution < 1.29 is 33.4 Å². The molecule has 0 spiro atoms. The van der Waals surface area contributed by atoms with Crippen molar-refractivity contribution in [3.05, 3.63) is 58.1 Å². The number of nitrogens with zero attached hydrogens (tertiary/aromatic N) is 1. The van der Waals surface area contributed by atoms with Gasteiger partial charge in [-0.05, 0) is 70.9 Å². The Morgan fingerprint density at radius 3 is 2.47 bits per heavy atom. The average Bonchev–Trinajstić information content (AvgIpc) is 2.76. The second kappa shape index (κ2) is 10.1. The van der Waals surface area contributed by atoms with Crippen molar-refractivity contribution in [2.24, 2.45) is 0 Å². The number of amides is 4. The van der Waals surface area contributed by atoms with Gasteiger partial charge in [0.1, 0.15) is 17.1 Å². The summed E-state index contributed by atoms with van der Waals surface area (Å²) < 4.78 is 15.8.